The van der Waals surface area contributed by atoms with Crippen molar-refractivity contribution in [3.05, 3.63) is 0 Å². The zero-order valence-corrected chi connectivity index (χ0v) is 14.5. The van der Waals surface area contributed by atoms with Crippen molar-refractivity contribution in [2.45, 2.75) is 65.6 Å². The monoisotopic (exact) mass is 326 g/mol. The SMILES string of the molecule is CCC(C)(C)C(=O)OCC(=O)OC1(C)CC(C)C2CC1OC2=O. The third kappa shape index (κ3) is 3.51. The molecule has 6 nitrogen and oxygen atoms in total. The van der Waals surface area contributed by atoms with E-state index in [1.165, 1.54) is 0 Å². The van der Waals surface area contributed by atoms with Crippen LogP contribution in [0.5, 0.6) is 0 Å². The second-order valence-electron chi connectivity index (χ2n) is 7.55. The number of esters is 3. The van der Waals surface area contributed by atoms with E-state index in [4.69, 9.17) is 14.2 Å². The first-order valence-electron chi connectivity index (χ1n) is 8.18. The van der Waals surface area contributed by atoms with E-state index in [1.807, 2.05) is 13.8 Å². The molecule has 4 unspecified atom stereocenters. The summed E-state index contributed by atoms with van der Waals surface area (Å²) in [6.07, 6.45) is 1.35. The molecule has 2 bridgehead atoms. The van der Waals surface area contributed by atoms with E-state index in [-0.39, 0.29) is 17.8 Å². The summed E-state index contributed by atoms with van der Waals surface area (Å²) in [6, 6.07) is 0. The first-order chi connectivity index (χ1) is 10.6. The summed E-state index contributed by atoms with van der Waals surface area (Å²) in [5.41, 5.74) is -1.48. The van der Waals surface area contributed by atoms with Gasteiger partial charge in [-0.2, -0.15) is 0 Å². The Balaban J connectivity index is 1.92. The predicted octanol–water partition coefficient (Wildman–Crippen LogP) is 2.24. The zero-order valence-electron chi connectivity index (χ0n) is 14.5. The summed E-state index contributed by atoms with van der Waals surface area (Å²) in [6.45, 7) is 8.74. The van der Waals surface area contributed by atoms with E-state index < -0.39 is 35.7 Å². The van der Waals surface area contributed by atoms with Gasteiger partial charge in [0.25, 0.3) is 0 Å². The van der Waals surface area contributed by atoms with Crippen LogP contribution in [-0.2, 0) is 28.6 Å². The van der Waals surface area contributed by atoms with Crippen molar-refractivity contribution >= 4 is 17.9 Å². The standard InChI is InChI=1S/C17H26O6/c1-6-16(3,4)15(20)21-9-13(18)23-17(5)8-10(2)11-7-12(17)22-14(11)19/h10-12H,6-9H2,1-5H3. The molecule has 1 aliphatic carbocycles. The molecule has 23 heavy (non-hydrogen) atoms. The third-order valence-corrected chi connectivity index (χ3v) is 5.23. The lowest BCUT2D eigenvalue weighted by Gasteiger charge is -2.38. The van der Waals surface area contributed by atoms with Crippen LogP contribution in [0.4, 0.5) is 0 Å². The average molecular weight is 326 g/mol. The van der Waals surface area contributed by atoms with Gasteiger partial charge in [0.05, 0.1) is 11.3 Å². The van der Waals surface area contributed by atoms with E-state index in [2.05, 4.69) is 0 Å². The summed E-state index contributed by atoms with van der Waals surface area (Å²) in [5.74, 6) is -1.25. The number of carbonyl (C=O) groups excluding carboxylic acids is 3. The Hall–Kier alpha value is -1.59. The first kappa shape index (κ1) is 17.8. The van der Waals surface area contributed by atoms with Crippen LogP contribution < -0.4 is 0 Å². The Labute approximate surface area is 136 Å². The molecule has 2 aliphatic rings. The van der Waals surface area contributed by atoms with Crippen molar-refractivity contribution in [3.63, 3.8) is 0 Å². The second kappa shape index (κ2) is 6.13. The van der Waals surface area contributed by atoms with Crippen molar-refractivity contribution in [2.75, 3.05) is 6.61 Å². The molecule has 1 aliphatic heterocycles. The highest BCUT2D eigenvalue weighted by molar-refractivity contribution is 5.80. The molecule has 4 atom stereocenters. The number of hydrogen-bond acceptors (Lipinski definition) is 6. The van der Waals surface area contributed by atoms with Gasteiger partial charge < -0.3 is 14.2 Å². The third-order valence-electron chi connectivity index (χ3n) is 5.23. The lowest BCUT2D eigenvalue weighted by molar-refractivity contribution is -0.186. The lowest BCUT2D eigenvalue weighted by atomic mass is 9.73. The fourth-order valence-electron chi connectivity index (χ4n) is 3.22. The summed E-state index contributed by atoms with van der Waals surface area (Å²) < 4.78 is 15.9. The van der Waals surface area contributed by atoms with E-state index in [0.717, 1.165) is 0 Å². The van der Waals surface area contributed by atoms with Crippen molar-refractivity contribution in [1.29, 1.82) is 0 Å². The van der Waals surface area contributed by atoms with Gasteiger partial charge in [0.2, 0.25) is 0 Å². The molecule has 0 radical (unpaired) electrons. The maximum Gasteiger partial charge on any atom is 0.344 e. The predicted molar refractivity (Wildman–Crippen MR) is 81.3 cm³/mol. The Bertz CT molecular complexity index is 511. The van der Waals surface area contributed by atoms with Crippen LogP contribution in [0, 0.1) is 17.3 Å². The summed E-state index contributed by atoms with van der Waals surface area (Å²) in [7, 11) is 0. The summed E-state index contributed by atoms with van der Waals surface area (Å²) in [4.78, 5) is 35.7. The van der Waals surface area contributed by atoms with Crippen molar-refractivity contribution in [1.82, 2.24) is 0 Å². The number of carbonyl (C=O) groups is 3. The van der Waals surface area contributed by atoms with Gasteiger partial charge in [-0.25, -0.2) is 4.79 Å². The topological polar surface area (TPSA) is 78.9 Å². The smallest absolute Gasteiger partial charge is 0.344 e. The lowest BCUT2D eigenvalue weighted by Crippen LogP contribution is -2.48. The molecule has 2 rings (SSSR count). The molecule has 1 saturated heterocycles. The van der Waals surface area contributed by atoms with Crippen LogP contribution >= 0.6 is 0 Å². The van der Waals surface area contributed by atoms with Crippen molar-refractivity contribution < 1.29 is 28.6 Å². The van der Waals surface area contributed by atoms with Crippen LogP contribution in [0.1, 0.15) is 53.9 Å². The minimum Gasteiger partial charge on any atom is -0.458 e. The van der Waals surface area contributed by atoms with Gasteiger partial charge in [-0.3, -0.25) is 9.59 Å². The van der Waals surface area contributed by atoms with Crippen molar-refractivity contribution in [3.8, 4) is 0 Å². The Kier molecular flexibility index (Phi) is 4.74. The fraction of sp³-hybridized carbons (Fsp3) is 0.824. The van der Waals surface area contributed by atoms with Gasteiger partial charge in [0.15, 0.2) is 6.61 Å². The van der Waals surface area contributed by atoms with Gasteiger partial charge in [-0.1, -0.05) is 13.8 Å². The Morgan fingerprint density at radius 1 is 1.39 bits per heavy atom. The number of rotatable bonds is 5. The molecule has 0 amide bonds. The summed E-state index contributed by atoms with van der Waals surface area (Å²) in [5, 5.41) is 0. The minimum absolute atomic E-state index is 0.0978. The van der Waals surface area contributed by atoms with Gasteiger partial charge in [-0.15, -0.1) is 0 Å². The van der Waals surface area contributed by atoms with Crippen LogP contribution in [0.2, 0.25) is 0 Å². The molecular formula is C17H26O6. The quantitative estimate of drug-likeness (QED) is 0.569. The Morgan fingerprint density at radius 3 is 2.65 bits per heavy atom. The molecule has 0 spiro atoms. The van der Waals surface area contributed by atoms with E-state index >= 15 is 0 Å². The maximum absolute atomic E-state index is 12.1. The highest BCUT2D eigenvalue weighted by Crippen LogP contribution is 2.45. The molecule has 2 fully saturated rings. The van der Waals surface area contributed by atoms with Gasteiger partial charge in [-0.05, 0) is 39.5 Å². The van der Waals surface area contributed by atoms with E-state index in [9.17, 15) is 14.4 Å². The molecule has 1 heterocycles. The van der Waals surface area contributed by atoms with Crippen LogP contribution in [-0.4, -0.2) is 36.2 Å². The van der Waals surface area contributed by atoms with E-state index in [1.54, 1.807) is 20.8 Å². The highest BCUT2D eigenvalue weighted by Gasteiger charge is 2.55. The zero-order chi connectivity index (χ0) is 17.4. The average Bonchev–Trinajstić information content (AvgIpc) is 2.83. The van der Waals surface area contributed by atoms with Crippen LogP contribution in [0.15, 0.2) is 0 Å². The molecule has 1 saturated carbocycles. The first-order valence-corrected chi connectivity index (χ1v) is 8.18. The minimum atomic E-state index is -0.855. The van der Waals surface area contributed by atoms with Crippen LogP contribution in [0.3, 0.4) is 0 Å². The number of fused-ring (bicyclic) bond motifs is 2. The van der Waals surface area contributed by atoms with Gasteiger partial charge in [0.1, 0.15) is 11.7 Å². The molecule has 0 aromatic carbocycles. The molecular weight excluding hydrogens is 300 g/mol. The van der Waals surface area contributed by atoms with Gasteiger partial charge >= 0.3 is 17.9 Å². The molecule has 130 valence electrons. The molecule has 0 N–H and O–H groups in total. The van der Waals surface area contributed by atoms with Crippen molar-refractivity contribution in [2.24, 2.45) is 17.3 Å². The molecule has 0 aromatic rings. The maximum atomic E-state index is 12.1. The normalized spacial score (nSPS) is 33.1. The van der Waals surface area contributed by atoms with Crippen LogP contribution in [0.25, 0.3) is 0 Å². The molecule has 0 aromatic heterocycles. The second-order valence-corrected chi connectivity index (χ2v) is 7.55. The largest absolute Gasteiger partial charge is 0.458 e. The Morgan fingerprint density at radius 2 is 2.04 bits per heavy atom. The molecule has 6 heteroatoms. The fourth-order valence-corrected chi connectivity index (χ4v) is 3.22. The summed E-state index contributed by atoms with van der Waals surface area (Å²) >= 11 is 0. The highest BCUT2D eigenvalue weighted by atomic mass is 16.6. The van der Waals surface area contributed by atoms with E-state index in [0.29, 0.717) is 19.3 Å². The number of hydrogen-bond donors (Lipinski definition) is 0. The number of ether oxygens (including phenoxy) is 3. The van der Waals surface area contributed by atoms with Gasteiger partial charge in [0, 0.05) is 6.42 Å².